The number of hydrogen-bond acceptors (Lipinski definition) is 2. The van der Waals surface area contributed by atoms with Gasteiger partial charge in [-0.2, -0.15) is 0 Å². The summed E-state index contributed by atoms with van der Waals surface area (Å²) in [4.78, 5) is 0. The second-order valence-electron chi connectivity index (χ2n) is 4.31. The summed E-state index contributed by atoms with van der Waals surface area (Å²) < 4.78 is 11.3. The maximum Gasteiger partial charge on any atom is 0.123 e. The lowest BCUT2D eigenvalue weighted by Crippen LogP contribution is -2.08. The third kappa shape index (κ3) is 4.24. The second-order valence-corrected chi connectivity index (χ2v) is 4.31. The van der Waals surface area contributed by atoms with Gasteiger partial charge in [0.25, 0.3) is 0 Å². The summed E-state index contributed by atoms with van der Waals surface area (Å²) in [6.07, 6.45) is 0.386. The van der Waals surface area contributed by atoms with Gasteiger partial charge in [0.05, 0.1) is 12.2 Å². The second kappa shape index (κ2) is 5.06. The molecule has 15 heavy (non-hydrogen) atoms. The van der Waals surface area contributed by atoms with Crippen molar-refractivity contribution < 1.29 is 9.47 Å². The first-order valence-electron chi connectivity index (χ1n) is 5.42. The predicted octanol–water partition coefficient (Wildman–Crippen LogP) is 3.57. The molecule has 0 aliphatic heterocycles. The molecule has 0 aliphatic carbocycles. The Balaban J connectivity index is 2.84. The summed E-state index contributed by atoms with van der Waals surface area (Å²) in [6.45, 7) is 10.1. The Morgan fingerprint density at radius 3 is 1.53 bits per heavy atom. The van der Waals surface area contributed by atoms with Crippen molar-refractivity contribution in [3.8, 4) is 11.5 Å². The fourth-order valence-corrected chi connectivity index (χ4v) is 1.39. The molecule has 0 aromatic heterocycles. The molecular weight excluding hydrogens is 188 g/mol. The average Bonchev–Trinajstić information content (AvgIpc) is 1.98. The number of rotatable bonds is 4. The van der Waals surface area contributed by atoms with Gasteiger partial charge in [-0.05, 0) is 52.3 Å². The highest BCUT2D eigenvalue weighted by molar-refractivity contribution is 5.38. The smallest absolute Gasteiger partial charge is 0.123 e. The molecule has 1 aromatic carbocycles. The molecule has 0 aliphatic rings. The van der Waals surface area contributed by atoms with Crippen molar-refractivity contribution in [2.45, 2.75) is 46.8 Å². The lowest BCUT2D eigenvalue weighted by molar-refractivity contribution is 0.229. The third-order valence-corrected chi connectivity index (χ3v) is 1.77. The number of benzene rings is 1. The van der Waals surface area contributed by atoms with Gasteiger partial charge in [-0.1, -0.05) is 0 Å². The Labute approximate surface area is 92.2 Å². The van der Waals surface area contributed by atoms with Crippen LogP contribution in [-0.4, -0.2) is 12.2 Å². The van der Waals surface area contributed by atoms with Gasteiger partial charge in [-0.15, -0.1) is 0 Å². The SMILES string of the molecule is Cc1cc(OC(C)C)cc(OC(C)C)c1. The first kappa shape index (κ1) is 11.9. The Morgan fingerprint density at radius 2 is 1.20 bits per heavy atom. The van der Waals surface area contributed by atoms with E-state index in [-0.39, 0.29) is 12.2 Å². The summed E-state index contributed by atoms with van der Waals surface area (Å²) in [7, 11) is 0. The molecule has 0 fully saturated rings. The van der Waals surface area contributed by atoms with E-state index in [1.54, 1.807) is 0 Å². The van der Waals surface area contributed by atoms with E-state index in [4.69, 9.17) is 9.47 Å². The summed E-state index contributed by atoms with van der Waals surface area (Å²) in [5.74, 6) is 1.75. The first-order valence-corrected chi connectivity index (χ1v) is 5.42. The quantitative estimate of drug-likeness (QED) is 0.753. The van der Waals surface area contributed by atoms with E-state index in [2.05, 4.69) is 0 Å². The molecule has 0 bridgehead atoms. The molecule has 0 N–H and O–H groups in total. The van der Waals surface area contributed by atoms with Gasteiger partial charge in [0.15, 0.2) is 0 Å². The fraction of sp³-hybridized carbons (Fsp3) is 0.538. The maximum atomic E-state index is 5.64. The predicted molar refractivity (Wildman–Crippen MR) is 62.7 cm³/mol. The molecule has 0 atom stereocenters. The van der Waals surface area contributed by atoms with Crippen molar-refractivity contribution in [3.05, 3.63) is 23.8 Å². The number of aryl methyl sites for hydroxylation is 1. The van der Waals surface area contributed by atoms with Crippen LogP contribution in [0.2, 0.25) is 0 Å². The molecule has 0 radical (unpaired) electrons. The van der Waals surface area contributed by atoms with Crippen molar-refractivity contribution in [1.82, 2.24) is 0 Å². The van der Waals surface area contributed by atoms with E-state index in [1.807, 2.05) is 52.8 Å². The monoisotopic (exact) mass is 208 g/mol. The van der Waals surface area contributed by atoms with E-state index in [0.29, 0.717) is 0 Å². The van der Waals surface area contributed by atoms with Crippen molar-refractivity contribution in [2.75, 3.05) is 0 Å². The van der Waals surface area contributed by atoms with Crippen LogP contribution >= 0.6 is 0 Å². The maximum absolute atomic E-state index is 5.64. The van der Waals surface area contributed by atoms with E-state index in [1.165, 1.54) is 0 Å². The van der Waals surface area contributed by atoms with Gasteiger partial charge < -0.3 is 9.47 Å². The minimum Gasteiger partial charge on any atom is -0.491 e. The molecule has 0 saturated carbocycles. The van der Waals surface area contributed by atoms with Gasteiger partial charge in [-0.3, -0.25) is 0 Å². The zero-order valence-corrected chi connectivity index (χ0v) is 10.2. The van der Waals surface area contributed by atoms with Gasteiger partial charge in [0, 0.05) is 6.07 Å². The summed E-state index contributed by atoms with van der Waals surface area (Å²) in [6, 6.07) is 5.98. The van der Waals surface area contributed by atoms with E-state index >= 15 is 0 Å². The standard InChI is InChI=1S/C13H20O2/c1-9(2)14-12-6-11(5)7-13(8-12)15-10(3)4/h6-10H,1-5H3. The average molecular weight is 208 g/mol. The largest absolute Gasteiger partial charge is 0.491 e. The molecule has 0 saturated heterocycles. The molecule has 0 unspecified atom stereocenters. The van der Waals surface area contributed by atoms with Crippen LogP contribution in [0.4, 0.5) is 0 Å². The van der Waals surface area contributed by atoms with Crippen LogP contribution in [0.5, 0.6) is 11.5 Å². The Kier molecular flexibility index (Phi) is 4.01. The van der Waals surface area contributed by atoms with Gasteiger partial charge in [-0.25, -0.2) is 0 Å². The molecular formula is C13H20O2. The Hall–Kier alpha value is -1.18. The molecule has 2 heteroatoms. The van der Waals surface area contributed by atoms with Crippen LogP contribution in [0.15, 0.2) is 18.2 Å². The lowest BCUT2D eigenvalue weighted by Gasteiger charge is -2.14. The van der Waals surface area contributed by atoms with Crippen LogP contribution in [-0.2, 0) is 0 Å². The van der Waals surface area contributed by atoms with Crippen molar-refractivity contribution in [1.29, 1.82) is 0 Å². The van der Waals surface area contributed by atoms with E-state index < -0.39 is 0 Å². The Morgan fingerprint density at radius 1 is 0.800 bits per heavy atom. The van der Waals surface area contributed by atoms with E-state index in [9.17, 15) is 0 Å². The summed E-state index contributed by atoms with van der Waals surface area (Å²) in [5, 5.41) is 0. The summed E-state index contributed by atoms with van der Waals surface area (Å²) in [5.41, 5.74) is 1.16. The van der Waals surface area contributed by atoms with E-state index in [0.717, 1.165) is 17.1 Å². The first-order chi connectivity index (χ1) is 6.97. The topological polar surface area (TPSA) is 18.5 Å². The summed E-state index contributed by atoms with van der Waals surface area (Å²) >= 11 is 0. The normalized spacial score (nSPS) is 10.9. The van der Waals surface area contributed by atoms with Crippen LogP contribution in [0.3, 0.4) is 0 Å². The number of hydrogen-bond donors (Lipinski definition) is 0. The molecule has 0 amide bonds. The molecule has 0 heterocycles. The van der Waals surface area contributed by atoms with Crippen molar-refractivity contribution >= 4 is 0 Å². The van der Waals surface area contributed by atoms with Crippen molar-refractivity contribution in [2.24, 2.45) is 0 Å². The molecule has 84 valence electrons. The minimum absolute atomic E-state index is 0.193. The van der Waals surface area contributed by atoms with Crippen LogP contribution in [0.1, 0.15) is 33.3 Å². The van der Waals surface area contributed by atoms with Gasteiger partial charge in [0.2, 0.25) is 0 Å². The fourth-order valence-electron chi connectivity index (χ4n) is 1.39. The molecule has 2 nitrogen and oxygen atoms in total. The zero-order valence-electron chi connectivity index (χ0n) is 10.2. The molecule has 0 spiro atoms. The highest BCUT2D eigenvalue weighted by atomic mass is 16.5. The zero-order chi connectivity index (χ0) is 11.4. The Bertz CT molecular complexity index is 288. The number of ether oxygens (including phenoxy) is 2. The van der Waals surface area contributed by atoms with Crippen LogP contribution in [0, 0.1) is 6.92 Å². The molecule has 1 rings (SSSR count). The highest BCUT2D eigenvalue weighted by Gasteiger charge is 2.03. The minimum atomic E-state index is 0.193. The van der Waals surface area contributed by atoms with Crippen LogP contribution < -0.4 is 9.47 Å². The van der Waals surface area contributed by atoms with Crippen molar-refractivity contribution in [3.63, 3.8) is 0 Å². The van der Waals surface area contributed by atoms with Gasteiger partial charge >= 0.3 is 0 Å². The third-order valence-electron chi connectivity index (χ3n) is 1.77. The molecule has 1 aromatic rings. The lowest BCUT2D eigenvalue weighted by atomic mass is 10.2. The van der Waals surface area contributed by atoms with Gasteiger partial charge in [0.1, 0.15) is 11.5 Å². The highest BCUT2D eigenvalue weighted by Crippen LogP contribution is 2.24. The van der Waals surface area contributed by atoms with Crippen LogP contribution in [0.25, 0.3) is 0 Å².